The van der Waals surface area contributed by atoms with E-state index in [1.807, 2.05) is 84.9 Å². The lowest BCUT2D eigenvalue weighted by Crippen LogP contribution is -2.52. The Hall–Kier alpha value is -3.63. The molecule has 0 aliphatic carbocycles. The minimum Gasteiger partial charge on any atom is -0.494 e. The van der Waals surface area contributed by atoms with Gasteiger partial charge in [-0.25, -0.2) is 10.4 Å². The van der Waals surface area contributed by atoms with Gasteiger partial charge in [-0.05, 0) is 65.7 Å². The van der Waals surface area contributed by atoms with Crippen molar-refractivity contribution in [2.24, 2.45) is 4.99 Å². The van der Waals surface area contributed by atoms with Crippen molar-refractivity contribution in [2.45, 2.75) is 34.7 Å². The molecule has 0 aromatic heterocycles. The van der Waals surface area contributed by atoms with Crippen molar-refractivity contribution in [1.29, 1.82) is 0 Å². The number of nitrogens with zero attached hydrogens (tertiary/aromatic N) is 1. The highest BCUT2D eigenvalue weighted by Gasteiger charge is 2.44. The molecular formula is C33H32BrN3O4S. The number of benzene rings is 4. The van der Waals surface area contributed by atoms with Crippen LogP contribution in [0, 0.1) is 0 Å². The molecule has 7 nitrogen and oxygen atoms in total. The van der Waals surface area contributed by atoms with Gasteiger partial charge in [0.2, 0.25) is 5.90 Å². The van der Waals surface area contributed by atoms with Crippen molar-refractivity contribution in [3.8, 4) is 5.75 Å². The van der Waals surface area contributed by atoms with Crippen LogP contribution in [-0.4, -0.2) is 42.3 Å². The van der Waals surface area contributed by atoms with E-state index in [9.17, 15) is 4.79 Å². The van der Waals surface area contributed by atoms with Gasteiger partial charge in [-0.1, -0.05) is 76.2 Å². The Morgan fingerprint density at radius 3 is 2.48 bits per heavy atom. The molecule has 1 amide bonds. The molecule has 1 aliphatic heterocycles. The van der Waals surface area contributed by atoms with Gasteiger partial charge < -0.3 is 14.6 Å². The number of hydrazine groups is 1. The summed E-state index contributed by atoms with van der Waals surface area (Å²) in [5.41, 5.74) is 7.70. The lowest BCUT2D eigenvalue weighted by molar-refractivity contribution is -0.127. The summed E-state index contributed by atoms with van der Waals surface area (Å²) in [6.45, 7) is 1.08. The number of ether oxygens (including phenoxy) is 2. The second kappa shape index (κ2) is 14.5. The minimum atomic E-state index is -1.15. The van der Waals surface area contributed by atoms with E-state index >= 15 is 0 Å². The average molecular weight is 647 g/mol. The van der Waals surface area contributed by atoms with Gasteiger partial charge >= 0.3 is 0 Å². The summed E-state index contributed by atoms with van der Waals surface area (Å²) >= 11 is 5.17. The van der Waals surface area contributed by atoms with E-state index in [4.69, 9.17) is 19.6 Å². The van der Waals surface area contributed by atoms with Gasteiger partial charge in [0.25, 0.3) is 5.91 Å². The zero-order valence-corrected chi connectivity index (χ0v) is 25.4. The van der Waals surface area contributed by atoms with Crippen molar-refractivity contribution in [3.05, 3.63) is 124 Å². The smallest absolute Gasteiger partial charge is 0.266 e. The Bertz CT molecular complexity index is 1500. The third-order valence-corrected chi connectivity index (χ3v) is 8.35. The quantitative estimate of drug-likeness (QED) is 0.123. The van der Waals surface area contributed by atoms with E-state index in [0.717, 1.165) is 31.0 Å². The van der Waals surface area contributed by atoms with Crippen LogP contribution in [-0.2, 0) is 22.5 Å². The van der Waals surface area contributed by atoms with Crippen LogP contribution >= 0.6 is 27.7 Å². The molecule has 5 rings (SSSR count). The van der Waals surface area contributed by atoms with Crippen molar-refractivity contribution in [3.63, 3.8) is 0 Å². The number of hydrogen-bond acceptors (Lipinski definition) is 7. The second-order valence-electron chi connectivity index (χ2n) is 9.82. The first-order valence-electron chi connectivity index (χ1n) is 13.7. The van der Waals surface area contributed by atoms with E-state index in [-0.39, 0.29) is 19.1 Å². The lowest BCUT2D eigenvalue weighted by atomic mass is 9.91. The van der Waals surface area contributed by atoms with E-state index in [0.29, 0.717) is 37.6 Å². The molecule has 3 N–H and O–H groups in total. The zero-order valence-electron chi connectivity index (χ0n) is 23.0. The number of carbonyl (C=O) groups excluding carboxylic acids is 1. The fourth-order valence-corrected chi connectivity index (χ4v) is 5.70. The van der Waals surface area contributed by atoms with Crippen molar-refractivity contribution >= 4 is 39.5 Å². The summed E-state index contributed by atoms with van der Waals surface area (Å²) in [7, 11) is 0. The van der Waals surface area contributed by atoms with Crippen molar-refractivity contribution in [2.75, 3.05) is 19.8 Å². The molecule has 4 aromatic rings. The monoisotopic (exact) mass is 645 g/mol. The third kappa shape index (κ3) is 7.80. The summed E-state index contributed by atoms with van der Waals surface area (Å²) in [5, 5.41) is 8.97. The van der Waals surface area contributed by atoms with E-state index in [1.165, 1.54) is 0 Å². The molecule has 0 unspecified atom stereocenters. The molecule has 42 heavy (non-hydrogen) atoms. The van der Waals surface area contributed by atoms with E-state index in [1.54, 1.807) is 11.8 Å². The fraction of sp³-hybridized carbons (Fsp3) is 0.212. The predicted octanol–water partition coefficient (Wildman–Crippen LogP) is 5.94. The third-order valence-electron chi connectivity index (χ3n) is 6.69. The highest BCUT2D eigenvalue weighted by atomic mass is 79.9. The summed E-state index contributed by atoms with van der Waals surface area (Å²) in [4.78, 5) is 20.9. The minimum absolute atomic E-state index is 0.0826. The Balaban J connectivity index is 1.30. The number of aliphatic hydroxyl groups excluding tert-OH is 1. The Labute approximate surface area is 258 Å². The molecule has 1 aliphatic rings. The largest absolute Gasteiger partial charge is 0.494 e. The molecular weight excluding hydrogens is 614 g/mol. The number of hydrogen-bond donors (Lipinski definition) is 3. The summed E-state index contributed by atoms with van der Waals surface area (Å²) in [6, 6.07) is 33.6. The van der Waals surface area contributed by atoms with E-state index in [2.05, 4.69) is 45.0 Å². The Morgan fingerprint density at radius 1 is 0.976 bits per heavy atom. The molecule has 0 saturated carbocycles. The standard InChI is InChI=1S/C33H32BrN3O4S/c34-27-15-11-24(12-16-27)21-33(23-41-31(36-33)25-13-17-28(18-14-25)40-20-6-19-38)32(39)37-35-22-26-7-4-5-10-30(26)42-29-8-2-1-3-9-29/h1-5,7-18,35,38H,6,19-23H2,(H,37,39)/t33-/m0/s1. The first kappa shape index (κ1) is 29.8. The number of nitrogens with one attached hydrogen (secondary N) is 2. The molecule has 216 valence electrons. The van der Waals surface area contributed by atoms with Gasteiger partial charge in [0.15, 0.2) is 5.54 Å². The number of aliphatic imine (C=N–C) groups is 1. The SMILES string of the molecule is O=C(NNCc1ccccc1Sc1ccccc1)[C@]1(Cc2ccc(Br)cc2)COC(c2ccc(OCCCO)cc2)=N1. The van der Waals surface area contributed by atoms with Crippen LogP contribution in [0.5, 0.6) is 5.75 Å². The van der Waals surface area contributed by atoms with Crippen LogP contribution in [0.2, 0.25) is 0 Å². The summed E-state index contributed by atoms with van der Waals surface area (Å²) < 4.78 is 12.6. The summed E-state index contributed by atoms with van der Waals surface area (Å²) in [5.74, 6) is 0.839. The predicted molar refractivity (Wildman–Crippen MR) is 169 cm³/mol. The van der Waals surface area contributed by atoms with E-state index < -0.39 is 5.54 Å². The van der Waals surface area contributed by atoms with Crippen LogP contribution in [0.1, 0.15) is 23.1 Å². The maximum absolute atomic E-state index is 13.8. The lowest BCUT2D eigenvalue weighted by Gasteiger charge is -2.23. The van der Waals surface area contributed by atoms with Crippen LogP contribution in [0.25, 0.3) is 0 Å². The highest BCUT2D eigenvalue weighted by Crippen LogP contribution is 2.31. The average Bonchev–Trinajstić information content (AvgIpc) is 3.45. The number of aliphatic hydroxyl groups is 1. The fourth-order valence-electron chi connectivity index (χ4n) is 4.47. The van der Waals surface area contributed by atoms with Crippen LogP contribution in [0.3, 0.4) is 0 Å². The van der Waals surface area contributed by atoms with Gasteiger partial charge in [0, 0.05) is 45.8 Å². The molecule has 4 aromatic carbocycles. The van der Waals surface area contributed by atoms with Crippen LogP contribution in [0.15, 0.2) is 122 Å². The van der Waals surface area contributed by atoms with Gasteiger partial charge in [0.1, 0.15) is 12.4 Å². The van der Waals surface area contributed by atoms with Gasteiger partial charge in [-0.3, -0.25) is 10.2 Å². The van der Waals surface area contributed by atoms with Gasteiger partial charge in [0.05, 0.1) is 6.61 Å². The molecule has 1 atom stereocenters. The van der Waals surface area contributed by atoms with Crippen molar-refractivity contribution < 1.29 is 19.4 Å². The number of halogens is 1. The first-order valence-corrected chi connectivity index (χ1v) is 15.3. The molecule has 1 heterocycles. The molecule has 0 bridgehead atoms. The molecule has 0 radical (unpaired) electrons. The number of rotatable bonds is 13. The van der Waals surface area contributed by atoms with Crippen molar-refractivity contribution in [1.82, 2.24) is 10.9 Å². The zero-order chi connectivity index (χ0) is 29.2. The molecule has 0 fully saturated rings. The topological polar surface area (TPSA) is 92.2 Å². The normalized spacial score (nSPS) is 16.0. The maximum atomic E-state index is 13.8. The molecule has 0 saturated heterocycles. The van der Waals surface area contributed by atoms with Gasteiger partial charge in [-0.15, -0.1) is 0 Å². The van der Waals surface area contributed by atoms with Gasteiger partial charge in [-0.2, -0.15) is 0 Å². The Morgan fingerprint density at radius 2 is 1.71 bits per heavy atom. The van der Waals surface area contributed by atoms with Crippen LogP contribution < -0.4 is 15.6 Å². The van der Waals surface area contributed by atoms with Crippen LogP contribution in [0.4, 0.5) is 0 Å². The second-order valence-corrected chi connectivity index (χ2v) is 11.9. The number of amides is 1. The molecule has 0 spiro atoms. The highest BCUT2D eigenvalue weighted by molar-refractivity contribution is 9.10. The summed E-state index contributed by atoms with van der Waals surface area (Å²) in [6.07, 6.45) is 0.941. The maximum Gasteiger partial charge on any atom is 0.266 e. The number of carbonyl (C=O) groups is 1. The Kier molecular flexibility index (Phi) is 10.3. The molecule has 9 heteroatoms. The first-order chi connectivity index (χ1) is 20.5.